The number of hydrogen-bond acceptors (Lipinski definition) is 8. The molecule has 0 radical (unpaired) electrons. The van der Waals surface area contributed by atoms with Crippen LogP contribution in [0.1, 0.15) is 57.5 Å². The second kappa shape index (κ2) is 15.9. The molecule has 2 aliphatic rings. The predicted octanol–water partition coefficient (Wildman–Crippen LogP) is 7.36. The molecule has 0 saturated carbocycles. The van der Waals surface area contributed by atoms with Crippen LogP contribution in [-0.4, -0.2) is 45.7 Å². The maximum absolute atomic E-state index is 15.4. The zero-order valence-corrected chi connectivity index (χ0v) is 33.8. The van der Waals surface area contributed by atoms with Crippen LogP contribution >= 0.6 is 0 Å². The van der Waals surface area contributed by atoms with Crippen molar-refractivity contribution in [3.8, 4) is 11.1 Å². The van der Waals surface area contributed by atoms with E-state index in [1.165, 1.54) is 24.3 Å². The lowest BCUT2D eigenvalue weighted by Gasteiger charge is -2.17. The lowest BCUT2D eigenvalue weighted by molar-refractivity contribution is -0.636. The van der Waals surface area contributed by atoms with Gasteiger partial charge in [0.15, 0.2) is 13.1 Å². The summed E-state index contributed by atoms with van der Waals surface area (Å²) in [6, 6.07) is 37.9. The molecule has 2 saturated heterocycles. The highest BCUT2D eigenvalue weighted by Gasteiger charge is 2.35. The summed E-state index contributed by atoms with van der Waals surface area (Å²) in [5.74, 6) is -4.90. The van der Waals surface area contributed by atoms with Crippen LogP contribution in [0.15, 0.2) is 133 Å². The SMILES string of the molecule is O=C(ON1C(=O)CCC1=O)c1ccc(C[n+]2c3ccccc3c(-c3c4ccccc4[n+](Cc4ccc(C(=O)ON5C(=O)CCC5=O)cc4)c4cc(F)ccc34)c3ccc(F)cc32)cc1. The van der Waals surface area contributed by atoms with Crippen molar-refractivity contribution in [2.24, 2.45) is 0 Å². The van der Waals surface area contributed by atoms with E-state index < -0.39 is 47.2 Å². The highest BCUT2D eigenvalue weighted by molar-refractivity contribution is 6.18. The number of imide groups is 2. The number of rotatable bonds is 9. The second-order valence-electron chi connectivity index (χ2n) is 15.6. The third-order valence-corrected chi connectivity index (χ3v) is 11.6. The Balaban J connectivity index is 1.07. The van der Waals surface area contributed by atoms with Gasteiger partial charge in [0.05, 0.1) is 32.7 Å². The molecule has 10 rings (SSSR count). The standard InChI is InChI=1S/C50H34F2N4O8/c51-33-17-19-37-41(25-33)53(27-29-9-13-31(14-10-29)49(61)63-55-43(57)21-22-44(55)58)39-7-3-1-5-35(39)47(37)48-36-6-2-4-8-40(36)54(42-26-34(52)18-20-38(42)48)28-30-11-15-32(16-12-30)50(62)64-56-45(59)23-24-46(56)60/h1-20,25-26H,21-24,27-28H2/q+2. The van der Waals surface area contributed by atoms with Gasteiger partial charge in [0.25, 0.3) is 23.6 Å². The summed E-state index contributed by atoms with van der Waals surface area (Å²) in [6.45, 7) is 0.539. The first-order chi connectivity index (χ1) is 31.0. The molecule has 0 spiro atoms. The fourth-order valence-corrected chi connectivity index (χ4v) is 8.59. The maximum Gasteiger partial charge on any atom is 0.363 e. The Morgan fingerprint density at radius 1 is 0.453 bits per heavy atom. The van der Waals surface area contributed by atoms with Crippen molar-refractivity contribution >= 4 is 79.2 Å². The van der Waals surface area contributed by atoms with Crippen molar-refractivity contribution in [1.29, 1.82) is 0 Å². The number of carbonyl (C=O) groups excluding carboxylic acids is 6. The summed E-state index contributed by atoms with van der Waals surface area (Å²) in [7, 11) is 0. The third-order valence-electron chi connectivity index (χ3n) is 11.6. The topological polar surface area (TPSA) is 135 Å². The van der Waals surface area contributed by atoms with Gasteiger partial charge in [-0.1, -0.05) is 48.5 Å². The molecule has 0 bridgehead atoms. The van der Waals surface area contributed by atoms with Crippen molar-refractivity contribution in [3.05, 3.63) is 167 Å². The van der Waals surface area contributed by atoms with Crippen LogP contribution in [0.3, 0.4) is 0 Å². The number of nitrogens with zero attached hydrogens (tertiary/aromatic N) is 4. The molecule has 0 aliphatic carbocycles. The minimum Gasteiger partial charge on any atom is -0.325 e. The summed E-state index contributed by atoms with van der Waals surface area (Å²) in [6.07, 6.45) is -0.0794. The van der Waals surface area contributed by atoms with Gasteiger partial charge in [-0.15, -0.1) is 10.1 Å². The molecule has 0 N–H and O–H groups in total. The fourth-order valence-electron chi connectivity index (χ4n) is 8.59. The number of halogens is 2. The number of amides is 4. The molecule has 14 heteroatoms. The molecule has 8 aromatic rings. The largest absolute Gasteiger partial charge is 0.363 e. The molecule has 6 aromatic carbocycles. The van der Waals surface area contributed by atoms with Gasteiger partial charge in [-0.05, 0) is 60.7 Å². The van der Waals surface area contributed by atoms with Gasteiger partial charge >= 0.3 is 11.9 Å². The van der Waals surface area contributed by atoms with Crippen LogP contribution < -0.4 is 9.13 Å². The summed E-state index contributed by atoms with van der Waals surface area (Å²) in [4.78, 5) is 84.0. The molecule has 4 heterocycles. The van der Waals surface area contributed by atoms with E-state index in [1.54, 1.807) is 60.7 Å². The predicted molar refractivity (Wildman–Crippen MR) is 226 cm³/mol. The van der Waals surface area contributed by atoms with E-state index in [-0.39, 0.29) is 49.9 Å². The fraction of sp³-hybridized carbons (Fsp3) is 0.120. The summed E-state index contributed by atoms with van der Waals surface area (Å²) < 4.78 is 34.9. The molecule has 314 valence electrons. The lowest BCUT2D eigenvalue weighted by Crippen LogP contribution is -2.37. The molecule has 12 nitrogen and oxygen atoms in total. The third kappa shape index (κ3) is 7.04. The maximum atomic E-state index is 15.4. The molecule has 2 fully saturated rings. The minimum atomic E-state index is -0.847. The smallest absolute Gasteiger partial charge is 0.325 e. The van der Waals surface area contributed by atoms with E-state index in [0.717, 1.165) is 54.8 Å². The van der Waals surface area contributed by atoms with Crippen molar-refractivity contribution in [2.45, 2.75) is 38.8 Å². The molecule has 0 atom stereocenters. The molecular weight excluding hydrogens is 823 g/mol. The lowest BCUT2D eigenvalue weighted by atomic mass is 9.89. The first-order valence-electron chi connectivity index (χ1n) is 20.4. The van der Waals surface area contributed by atoms with Crippen molar-refractivity contribution in [2.75, 3.05) is 0 Å². The van der Waals surface area contributed by atoms with Gasteiger partial charge in [-0.3, -0.25) is 19.2 Å². The first kappa shape index (κ1) is 39.9. The van der Waals surface area contributed by atoms with Crippen LogP contribution in [0, 0.1) is 11.6 Å². The van der Waals surface area contributed by atoms with Gasteiger partial charge < -0.3 is 9.68 Å². The highest BCUT2D eigenvalue weighted by Crippen LogP contribution is 2.42. The van der Waals surface area contributed by atoms with Gasteiger partial charge in [0.1, 0.15) is 11.6 Å². The van der Waals surface area contributed by atoms with E-state index in [4.69, 9.17) is 9.68 Å². The van der Waals surface area contributed by atoms with Gasteiger partial charge in [0, 0.05) is 72.2 Å². The molecule has 2 aromatic heterocycles. The Labute approximate surface area is 362 Å². The Kier molecular flexibility index (Phi) is 9.89. The number of aromatic nitrogens is 2. The average Bonchev–Trinajstić information content (AvgIpc) is 3.80. The molecule has 2 aliphatic heterocycles. The zero-order valence-electron chi connectivity index (χ0n) is 33.8. The van der Waals surface area contributed by atoms with E-state index in [1.807, 2.05) is 57.7 Å². The van der Waals surface area contributed by atoms with E-state index in [0.29, 0.717) is 21.2 Å². The van der Waals surface area contributed by atoms with Crippen molar-refractivity contribution < 1.29 is 56.4 Å². The monoisotopic (exact) mass is 856 g/mol. The van der Waals surface area contributed by atoms with Crippen LogP contribution in [0.5, 0.6) is 0 Å². The van der Waals surface area contributed by atoms with Crippen molar-refractivity contribution in [1.82, 2.24) is 10.1 Å². The quantitative estimate of drug-likeness (QED) is 0.0836. The summed E-state index contributed by atoms with van der Waals surface area (Å²) in [5.41, 5.74) is 6.15. The Hall–Kier alpha value is -8.26. The normalized spacial score (nSPS) is 14.2. The Morgan fingerprint density at radius 3 is 1.17 bits per heavy atom. The van der Waals surface area contributed by atoms with Crippen LogP contribution in [0.2, 0.25) is 0 Å². The molecule has 0 unspecified atom stereocenters. The van der Waals surface area contributed by atoms with Crippen LogP contribution in [-0.2, 0) is 41.9 Å². The number of benzene rings is 6. The molecular formula is C50H34F2N4O8+2. The zero-order chi connectivity index (χ0) is 44.2. The van der Waals surface area contributed by atoms with Crippen LogP contribution in [0.25, 0.3) is 54.7 Å². The van der Waals surface area contributed by atoms with Gasteiger partial charge in [-0.25, -0.2) is 18.4 Å². The molecule has 64 heavy (non-hydrogen) atoms. The minimum absolute atomic E-state index is 0.0198. The summed E-state index contributed by atoms with van der Waals surface area (Å²) in [5, 5.41) is 4.15. The highest BCUT2D eigenvalue weighted by atomic mass is 19.1. The van der Waals surface area contributed by atoms with Crippen molar-refractivity contribution in [3.63, 3.8) is 0 Å². The number of hydrogen-bond donors (Lipinski definition) is 0. The second-order valence-corrected chi connectivity index (χ2v) is 15.6. The number of carbonyl (C=O) groups is 6. The van der Waals surface area contributed by atoms with E-state index in [2.05, 4.69) is 0 Å². The number of para-hydroxylation sites is 2. The number of fused-ring (bicyclic) bond motifs is 4. The average molecular weight is 857 g/mol. The Morgan fingerprint density at radius 2 is 0.797 bits per heavy atom. The van der Waals surface area contributed by atoms with Gasteiger partial charge in [-0.2, -0.15) is 9.13 Å². The van der Waals surface area contributed by atoms with Gasteiger partial charge in [0.2, 0.25) is 22.1 Å². The number of hydroxylamine groups is 4. The number of pyridine rings is 2. The van der Waals surface area contributed by atoms with E-state index >= 15 is 8.78 Å². The van der Waals surface area contributed by atoms with E-state index in [9.17, 15) is 28.8 Å². The molecule has 4 amide bonds. The Bertz CT molecular complexity index is 3080. The van der Waals surface area contributed by atoms with Crippen LogP contribution in [0.4, 0.5) is 8.78 Å². The first-order valence-corrected chi connectivity index (χ1v) is 20.4. The summed E-state index contributed by atoms with van der Waals surface area (Å²) >= 11 is 0.